The van der Waals surface area contributed by atoms with E-state index in [0.717, 1.165) is 18.3 Å². The summed E-state index contributed by atoms with van der Waals surface area (Å²) in [6, 6.07) is 8.36. The fraction of sp³-hybridized carbons (Fsp3) is 0.0625. The van der Waals surface area contributed by atoms with Crippen LogP contribution in [0.2, 0.25) is 0 Å². The Kier molecular flexibility index (Phi) is 5.98. The Morgan fingerprint density at radius 1 is 1.12 bits per heavy atom. The molecule has 0 spiro atoms. The van der Waals surface area contributed by atoms with Gasteiger partial charge in [-0.25, -0.2) is 5.43 Å². The number of halogens is 4. The smallest absolute Gasteiger partial charge is 0.416 e. The monoisotopic (exact) mass is 429 g/mol. The van der Waals surface area contributed by atoms with E-state index in [1.54, 1.807) is 6.07 Å². The third-order valence-electron chi connectivity index (χ3n) is 3.01. The molecular weight excluding hydrogens is 419 g/mol. The molecule has 6 nitrogen and oxygen atoms in total. The molecule has 0 saturated heterocycles. The van der Waals surface area contributed by atoms with Crippen LogP contribution in [0.5, 0.6) is 5.75 Å². The van der Waals surface area contributed by atoms with E-state index in [2.05, 4.69) is 21.0 Å². The van der Waals surface area contributed by atoms with Gasteiger partial charge in [0.15, 0.2) is 0 Å². The lowest BCUT2D eigenvalue weighted by atomic mass is 10.2. The summed E-state index contributed by atoms with van der Waals surface area (Å²) < 4.78 is 38.5. The molecule has 0 bridgehead atoms. The van der Waals surface area contributed by atoms with Crippen LogP contribution in [0.3, 0.4) is 0 Å². The maximum absolute atomic E-state index is 12.6. The molecule has 0 heterocycles. The molecule has 3 N–H and O–H groups in total. The second-order valence-corrected chi connectivity index (χ2v) is 5.85. The number of hydrazone groups is 1. The minimum absolute atomic E-state index is 0.0976. The molecule has 0 unspecified atom stereocenters. The highest BCUT2D eigenvalue weighted by atomic mass is 79.9. The summed E-state index contributed by atoms with van der Waals surface area (Å²) in [6.45, 7) is 0. The topological polar surface area (TPSA) is 90.8 Å². The molecule has 2 aromatic rings. The molecular formula is C16H11BrF3N3O3. The van der Waals surface area contributed by atoms with E-state index in [1.807, 2.05) is 10.7 Å². The highest BCUT2D eigenvalue weighted by molar-refractivity contribution is 9.10. The summed E-state index contributed by atoms with van der Waals surface area (Å²) >= 11 is 3.19. The van der Waals surface area contributed by atoms with Gasteiger partial charge in [0.1, 0.15) is 5.75 Å². The van der Waals surface area contributed by atoms with Crippen LogP contribution in [0.15, 0.2) is 52.0 Å². The van der Waals surface area contributed by atoms with Crippen molar-refractivity contribution >= 4 is 39.6 Å². The summed E-state index contributed by atoms with van der Waals surface area (Å²) in [5, 5.41) is 15.2. The number of benzene rings is 2. The highest BCUT2D eigenvalue weighted by Gasteiger charge is 2.30. The zero-order valence-corrected chi connectivity index (χ0v) is 14.4. The van der Waals surface area contributed by atoms with Gasteiger partial charge in [-0.05, 0) is 36.4 Å². The lowest BCUT2D eigenvalue weighted by Gasteiger charge is -2.09. The van der Waals surface area contributed by atoms with Crippen LogP contribution < -0.4 is 10.7 Å². The summed E-state index contributed by atoms with van der Waals surface area (Å²) in [6.07, 6.45) is -3.46. The molecule has 0 radical (unpaired) electrons. The summed E-state index contributed by atoms with van der Waals surface area (Å²) in [5.74, 6) is -2.48. The van der Waals surface area contributed by atoms with Gasteiger partial charge in [-0.15, -0.1) is 0 Å². The Bertz CT molecular complexity index is 869. The standard InChI is InChI=1S/C16H11BrF3N3O3/c17-11-4-5-13(24)9(6-11)8-21-23-15(26)14(25)22-12-3-1-2-10(7-12)16(18,19)20/h1-8,24H,(H,22,25)(H,23,26). The molecule has 26 heavy (non-hydrogen) atoms. The SMILES string of the molecule is O=C(NN=Cc1cc(Br)ccc1O)C(=O)Nc1cccc(C(F)(F)F)c1. The Morgan fingerprint density at radius 2 is 1.85 bits per heavy atom. The number of hydrogen-bond acceptors (Lipinski definition) is 4. The van der Waals surface area contributed by atoms with Gasteiger partial charge >= 0.3 is 18.0 Å². The molecule has 2 rings (SSSR count). The third-order valence-corrected chi connectivity index (χ3v) is 3.51. The number of alkyl halides is 3. The van der Waals surface area contributed by atoms with E-state index in [4.69, 9.17) is 0 Å². The minimum atomic E-state index is -4.57. The first kappa shape index (κ1) is 19.4. The van der Waals surface area contributed by atoms with E-state index in [1.165, 1.54) is 18.2 Å². The van der Waals surface area contributed by atoms with Crippen LogP contribution >= 0.6 is 15.9 Å². The van der Waals surface area contributed by atoms with Crippen molar-refractivity contribution in [1.29, 1.82) is 0 Å². The zero-order chi connectivity index (χ0) is 19.3. The lowest BCUT2D eigenvalue weighted by Crippen LogP contribution is -2.32. The fourth-order valence-corrected chi connectivity index (χ4v) is 2.18. The van der Waals surface area contributed by atoms with Gasteiger partial charge in [-0.3, -0.25) is 9.59 Å². The predicted octanol–water partition coefficient (Wildman–Crippen LogP) is 3.26. The average Bonchev–Trinajstić information content (AvgIpc) is 2.57. The number of rotatable bonds is 3. The van der Waals surface area contributed by atoms with Crippen molar-refractivity contribution in [2.45, 2.75) is 6.18 Å². The van der Waals surface area contributed by atoms with Gasteiger partial charge in [0.25, 0.3) is 0 Å². The maximum Gasteiger partial charge on any atom is 0.416 e. The molecule has 0 fully saturated rings. The van der Waals surface area contributed by atoms with Crippen molar-refractivity contribution in [3.63, 3.8) is 0 Å². The number of carbonyl (C=O) groups excluding carboxylic acids is 2. The van der Waals surface area contributed by atoms with Crippen molar-refractivity contribution in [2.75, 3.05) is 5.32 Å². The quantitative estimate of drug-likeness (QED) is 0.397. The van der Waals surface area contributed by atoms with Gasteiger partial charge in [0.05, 0.1) is 11.8 Å². The molecule has 10 heteroatoms. The van der Waals surface area contributed by atoms with E-state index < -0.39 is 23.6 Å². The van der Waals surface area contributed by atoms with Crippen molar-refractivity contribution in [2.24, 2.45) is 5.10 Å². The Balaban J connectivity index is 1.99. The van der Waals surface area contributed by atoms with Crippen LogP contribution in [-0.2, 0) is 15.8 Å². The number of anilines is 1. The lowest BCUT2D eigenvalue weighted by molar-refractivity contribution is -0.137. The van der Waals surface area contributed by atoms with Gasteiger partial charge < -0.3 is 10.4 Å². The summed E-state index contributed by atoms with van der Waals surface area (Å²) in [5.41, 5.74) is 1.04. The summed E-state index contributed by atoms with van der Waals surface area (Å²) in [7, 11) is 0. The van der Waals surface area contributed by atoms with E-state index >= 15 is 0 Å². The van der Waals surface area contributed by atoms with E-state index in [-0.39, 0.29) is 17.0 Å². The van der Waals surface area contributed by atoms with Crippen LogP contribution in [0.25, 0.3) is 0 Å². The van der Waals surface area contributed by atoms with E-state index in [0.29, 0.717) is 10.5 Å². The highest BCUT2D eigenvalue weighted by Crippen LogP contribution is 2.30. The van der Waals surface area contributed by atoms with E-state index in [9.17, 15) is 27.9 Å². The Morgan fingerprint density at radius 3 is 2.54 bits per heavy atom. The molecule has 0 aromatic heterocycles. The second-order valence-electron chi connectivity index (χ2n) is 4.93. The number of carbonyl (C=O) groups is 2. The Hall–Kier alpha value is -2.88. The number of hydrogen-bond donors (Lipinski definition) is 3. The van der Waals surface area contributed by atoms with Crippen molar-refractivity contribution in [3.05, 3.63) is 58.1 Å². The molecule has 0 aliphatic heterocycles. The second kappa shape index (κ2) is 8.00. The molecule has 2 amide bonds. The van der Waals surface area contributed by atoms with Crippen LogP contribution in [0.4, 0.5) is 18.9 Å². The molecule has 0 aliphatic carbocycles. The van der Waals surface area contributed by atoms with Crippen molar-refractivity contribution in [1.82, 2.24) is 5.43 Å². The van der Waals surface area contributed by atoms with Gasteiger partial charge in [0.2, 0.25) is 0 Å². The predicted molar refractivity (Wildman–Crippen MR) is 91.6 cm³/mol. The third kappa shape index (κ3) is 5.31. The Labute approximate surface area is 153 Å². The maximum atomic E-state index is 12.6. The number of phenolic OH excluding ortho intramolecular Hbond substituents is 1. The van der Waals surface area contributed by atoms with Crippen molar-refractivity contribution < 1.29 is 27.9 Å². The average molecular weight is 430 g/mol. The number of nitrogens with one attached hydrogen (secondary N) is 2. The fourth-order valence-electron chi connectivity index (χ4n) is 1.80. The molecule has 0 saturated carbocycles. The number of phenols is 1. The number of nitrogens with zero attached hydrogens (tertiary/aromatic N) is 1. The van der Waals surface area contributed by atoms with Gasteiger partial charge in [0, 0.05) is 15.7 Å². The normalized spacial score (nSPS) is 11.4. The molecule has 136 valence electrons. The molecule has 0 aliphatic rings. The van der Waals surface area contributed by atoms with Crippen molar-refractivity contribution in [3.8, 4) is 5.75 Å². The van der Waals surface area contributed by atoms with Crippen LogP contribution in [0.1, 0.15) is 11.1 Å². The largest absolute Gasteiger partial charge is 0.507 e. The molecule has 2 aromatic carbocycles. The number of aromatic hydroxyl groups is 1. The van der Waals surface area contributed by atoms with Crippen LogP contribution in [-0.4, -0.2) is 23.1 Å². The molecule has 0 atom stereocenters. The zero-order valence-electron chi connectivity index (χ0n) is 12.8. The minimum Gasteiger partial charge on any atom is -0.507 e. The first-order valence-corrected chi connectivity index (χ1v) is 7.76. The number of amides is 2. The summed E-state index contributed by atoms with van der Waals surface area (Å²) in [4.78, 5) is 23.3. The van der Waals surface area contributed by atoms with Gasteiger partial charge in [-0.2, -0.15) is 18.3 Å². The van der Waals surface area contributed by atoms with Crippen LogP contribution in [0, 0.1) is 0 Å². The first-order valence-electron chi connectivity index (χ1n) is 6.97. The van der Waals surface area contributed by atoms with Gasteiger partial charge in [-0.1, -0.05) is 22.0 Å². The first-order chi connectivity index (χ1) is 12.2.